The average molecular weight is 352 g/mol. The van der Waals surface area contributed by atoms with E-state index in [-0.39, 0.29) is 17.9 Å². The lowest BCUT2D eigenvalue weighted by molar-refractivity contribution is 0.534. The Morgan fingerprint density at radius 2 is 1.88 bits per heavy atom. The fourth-order valence-corrected chi connectivity index (χ4v) is 3.68. The minimum Gasteiger partial charge on any atom is -0.353 e. The summed E-state index contributed by atoms with van der Waals surface area (Å²) in [4.78, 5) is 6.33. The van der Waals surface area contributed by atoms with Crippen LogP contribution in [0.25, 0.3) is 0 Å². The number of nitrogens with one attached hydrogen (secondary N) is 1. The molecule has 1 saturated heterocycles. The Kier molecular flexibility index (Phi) is 3.97. The third-order valence-electron chi connectivity index (χ3n) is 4.50. The fourth-order valence-electron chi connectivity index (χ4n) is 3.34. The maximum Gasteiger partial charge on any atom is 0.174 e. The quantitative estimate of drug-likeness (QED) is 0.728. The Balaban J connectivity index is 1.87. The highest BCUT2D eigenvalue weighted by atomic mass is 32.1. The predicted octanol–water partition coefficient (Wildman–Crippen LogP) is 3.74. The highest BCUT2D eigenvalue weighted by Crippen LogP contribution is 2.41. The van der Waals surface area contributed by atoms with E-state index in [9.17, 15) is 4.39 Å². The molecule has 0 amide bonds. The van der Waals surface area contributed by atoms with E-state index < -0.39 is 0 Å². The van der Waals surface area contributed by atoms with Gasteiger partial charge < -0.3 is 14.8 Å². The van der Waals surface area contributed by atoms with Crippen LogP contribution in [0.1, 0.15) is 23.5 Å². The van der Waals surface area contributed by atoms with E-state index in [1.54, 1.807) is 18.3 Å². The Labute approximate surface area is 150 Å². The number of halogens is 1. The zero-order valence-corrected chi connectivity index (χ0v) is 14.4. The summed E-state index contributed by atoms with van der Waals surface area (Å²) in [5.74, 6) is -0.299. The van der Waals surface area contributed by atoms with Crippen LogP contribution < -0.4 is 10.2 Å². The third kappa shape index (κ3) is 2.68. The van der Waals surface area contributed by atoms with Crippen LogP contribution in [0.15, 0.2) is 67.0 Å². The number of hydrogen-bond acceptors (Lipinski definition) is 2. The standard InChI is InChI=1S/C19H17FN4S/c1-23-12-6-10-16(23)18-17(14-8-4-5-11-21-14)22-19(25)24(18)15-9-3-2-7-13(15)20/h2-12,17-18H,1H3,(H,22,25)/t17-,18-/m0/s1. The van der Waals surface area contributed by atoms with Gasteiger partial charge in [-0.2, -0.15) is 0 Å². The van der Waals surface area contributed by atoms with Gasteiger partial charge in [-0.15, -0.1) is 0 Å². The summed E-state index contributed by atoms with van der Waals surface area (Å²) >= 11 is 5.56. The van der Waals surface area contributed by atoms with Crippen molar-refractivity contribution in [3.63, 3.8) is 0 Å². The van der Waals surface area contributed by atoms with Crippen LogP contribution in [0.4, 0.5) is 10.1 Å². The van der Waals surface area contributed by atoms with E-state index in [4.69, 9.17) is 12.2 Å². The molecule has 1 aliphatic rings. The van der Waals surface area contributed by atoms with Gasteiger partial charge in [0.2, 0.25) is 0 Å². The first kappa shape index (κ1) is 15.8. The summed E-state index contributed by atoms with van der Waals surface area (Å²) in [6, 6.07) is 16.1. The summed E-state index contributed by atoms with van der Waals surface area (Å²) in [5.41, 5.74) is 2.37. The van der Waals surface area contributed by atoms with Gasteiger partial charge in [-0.3, -0.25) is 4.98 Å². The molecule has 3 heterocycles. The van der Waals surface area contributed by atoms with E-state index in [0.717, 1.165) is 11.4 Å². The molecule has 3 aromatic rings. The van der Waals surface area contributed by atoms with Crippen molar-refractivity contribution in [2.24, 2.45) is 7.05 Å². The second-order valence-corrected chi connectivity index (χ2v) is 6.38. The molecule has 1 N–H and O–H groups in total. The Hall–Kier alpha value is -2.73. The molecule has 4 nitrogen and oxygen atoms in total. The second-order valence-electron chi connectivity index (χ2n) is 5.99. The van der Waals surface area contributed by atoms with Gasteiger partial charge in [0.05, 0.1) is 17.4 Å². The lowest BCUT2D eigenvalue weighted by atomic mass is 10.0. The van der Waals surface area contributed by atoms with Crippen molar-refractivity contribution < 1.29 is 4.39 Å². The first-order valence-corrected chi connectivity index (χ1v) is 8.44. The molecule has 25 heavy (non-hydrogen) atoms. The van der Waals surface area contributed by atoms with E-state index in [2.05, 4.69) is 10.3 Å². The van der Waals surface area contributed by atoms with Gasteiger partial charge in [0, 0.05) is 25.1 Å². The molecular weight excluding hydrogens is 335 g/mol. The molecule has 2 aromatic heterocycles. The fraction of sp³-hybridized carbons (Fsp3) is 0.158. The van der Waals surface area contributed by atoms with E-state index in [1.165, 1.54) is 6.07 Å². The summed E-state index contributed by atoms with van der Waals surface area (Å²) in [5, 5.41) is 3.82. The maximum atomic E-state index is 14.5. The number of benzene rings is 1. The van der Waals surface area contributed by atoms with Gasteiger partial charge >= 0.3 is 0 Å². The largest absolute Gasteiger partial charge is 0.353 e. The van der Waals surface area contributed by atoms with Crippen molar-refractivity contribution in [1.82, 2.24) is 14.9 Å². The number of para-hydroxylation sites is 1. The molecule has 0 bridgehead atoms. The zero-order valence-electron chi connectivity index (χ0n) is 13.6. The van der Waals surface area contributed by atoms with Gasteiger partial charge in [-0.25, -0.2) is 4.39 Å². The summed E-state index contributed by atoms with van der Waals surface area (Å²) in [6.07, 6.45) is 3.74. The van der Waals surface area contributed by atoms with E-state index in [1.807, 2.05) is 59.1 Å². The number of aromatic nitrogens is 2. The van der Waals surface area contributed by atoms with Crippen LogP contribution in [0.3, 0.4) is 0 Å². The number of pyridine rings is 1. The number of anilines is 1. The highest BCUT2D eigenvalue weighted by molar-refractivity contribution is 7.80. The number of hydrogen-bond donors (Lipinski definition) is 1. The van der Waals surface area contributed by atoms with Crippen molar-refractivity contribution in [2.75, 3.05) is 4.90 Å². The van der Waals surface area contributed by atoms with E-state index in [0.29, 0.717) is 10.8 Å². The first-order valence-electron chi connectivity index (χ1n) is 8.03. The molecule has 6 heteroatoms. The van der Waals surface area contributed by atoms with Gasteiger partial charge in [-0.1, -0.05) is 18.2 Å². The molecule has 126 valence electrons. The summed E-state index contributed by atoms with van der Waals surface area (Å²) < 4.78 is 16.5. The van der Waals surface area contributed by atoms with Gasteiger partial charge in [0.1, 0.15) is 11.9 Å². The molecule has 1 fully saturated rings. The van der Waals surface area contributed by atoms with Crippen LogP contribution in [-0.4, -0.2) is 14.7 Å². The number of nitrogens with zero attached hydrogens (tertiary/aromatic N) is 3. The van der Waals surface area contributed by atoms with Crippen molar-refractivity contribution >= 4 is 23.0 Å². The van der Waals surface area contributed by atoms with Crippen LogP contribution >= 0.6 is 12.2 Å². The zero-order chi connectivity index (χ0) is 17.4. The van der Waals surface area contributed by atoms with Crippen LogP contribution in [-0.2, 0) is 7.05 Å². The Morgan fingerprint density at radius 1 is 1.08 bits per heavy atom. The lowest BCUT2D eigenvalue weighted by Crippen LogP contribution is -2.30. The van der Waals surface area contributed by atoms with E-state index >= 15 is 0 Å². The molecule has 4 rings (SSSR count). The summed E-state index contributed by atoms with van der Waals surface area (Å²) in [6.45, 7) is 0. The smallest absolute Gasteiger partial charge is 0.174 e. The van der Waals surface area contributed by atoms with Gasteiger partial charge in [0.25, 0.3) is 0 Å². The molecule has 0 saturated carbocycles. The predicted molar refractivity (Wildman–Crippen MR) is 99.7 cm³/mol. The third-order valence-corrected chi connectivity index (χ3v) is 4.81. The topological polar surface area (TPSA) is 33.1 Å². The van der Waals surface area contributed by atoms with Crippen LogP contribution in [0.2, 0.25) is 0 Å². The second kappa shape index (κ2) is 6.29. The normalized spacial score (nSPS) is 19.9. The van der Waals surface area contributed by atoms with Crippen LogP contribution in [0, 0.1) is 5.82 Å². The summed E-state index contributed by atoms with van der Waals surface area (Å²) in [7, 11) is 1.98. The number of thiocarbonyl (C=S) groups is 1. The SMILES string of the molecule is Cn1cccc1[C@H]1[C@H](c2ccccn2)NC(=S)N1c1ccccc1F. The molecule has 1 aromatic carbocycles. The highest BCUT2D eigenvalue weighted by Gasteiger charge is 2.42. The molecule has 2 atom stereocenters. The lowest BCUT2D eigenvalue weighted by Gasteiger charge is -2.28. The monoisotopic (exact) mass is 352 g/mol. The molecule has 0 aliphatic carbocycles. The van der Waals surface area contributed by atoms with Crippen LogP contribution in [0.5, 0.6) is 0 Å². The number of rotatable bonds is 3. The minimum atomic E-state index is -0.299. The van der Waals surface area contributed by atoms with Gasteiger partial charge in [-0.05, 0) is 48.6 Å². The number of aryl methyl sites for hydroxylation is 1. The van der Waals surface area contributed by atoms with Crippen molar-refractivity contribution in [3.8, 4) is 0 Å². The molecule has 0 unspecified atom stereocenters. The molecule has 0 spiro atoms. The molecule has 1 aliphatic heterocycles. The average Bonchev–Trinajstić information content (AvgIpc) is 3.19. The first-order chi connectivity index (χ1) is 12.2. The van der Waals surface area contributed by atoms with Crippen molar-refractivity contribution in [2.45, 2.75) is 12.1 Å². The van der Waals surface area contributed by atoms with Gasteiger partial charge in [0.15, 0.2) is 5.11 Å². The Bertz CT molecular complexity index is 909. The Morgan fingerprint density at radius 3 is 2.56 bits per heavy atom. The molecule has 0 radical (unpaired) electrons. The molecular formula is C19H17FN4S. The maximum absolute atomic E-state index is 14.5. The van der Waals surface area contributed by atoms with Crippen molar-refractivity contribution in [1.29, 1.82) is 0 Å². The van der Waals surface area contributed by atoms with Crippen molar-refractivity contribution in [3.05, 3.63) is 84.2 Å². The minimum absolute atomic E-state index is 0.165.